The SMILES string of the molecule is Cc1ccc(/C(Cn2cncn2)=N/Nc2nc(-c3ccccc3)cs2)cc1. The van der Waals surface area contributed by atoms with Gasteiger partial charge in [-0.15, -0.1) is 11.3 Å². The zero-order chi connectivity index (χ0) is 18.5. The van der Waals surface area contributed by atoms with Gasteiger partial charge in [-0.2, -0.15) is 10.2 Å². The predicted molar refractivity (Wildman–Crippen MR) is 109 cm³/mol. The number of nitrogens with one attached hydrogen (secondary N) is 1. The van der Waals surface area contributed by atoms with Crippen molar-refractivity contribution >= 4 is 22.2 Å². The van der Waals surface area contributed by atoms with Gasteiger partial charge in [-0.05, 0) is 12.5 Å². The van der Waals surface area contributed by atoms with E-state index in [2.05, 4.69) is 56.8 Å². The second kappa shape index (κ2) is 7.92. The molecule has 0 amide bonds. The van der Waals surface area contributed by atoms with Crippen LogP contribution in [-0.2, 0) is 6.54 Å². The van der Waals surface area contributed by atoms with E-state index < -0.39 is 0 Å². The first-order chi connectivity index (χ1) is 13.3. The lowest BCUT2D eigenvalue weighted by Crippen LogP contribution is -2.14. The minimum Gasteiger partial charge on any atom is -0.252 e. The molecule has 1 N–H and O–H groups in total. The molecule has 134 valence electrons. The molecule has 27 heavy (non-hydrogen) atoms. The van der Waals surface area contributed by atoms with Gasteiger partial charge >= 0.3 is 0 Å². The Morgan fingerprint density at radius 3 is 2.67 bits per heavy atom. The van der Waals surface area contributed by atoms with Crippen molar-refractivity contribution in [2.45, 2.75) is 13.5 Å². The van der Waals surface area contributed by atoms with E-state index in [-0.39, 0.29) is 0 Å². The summed E-state index contributed by atoms with van der Waals surface area (Å²) >= 11 is 1.53. The predicted octanol–water partition coefficient (Wildman–Crippen LogP) is 4.23. The molecule has 0 saturated heterocycles. The standard InChI is InChI=1S/C20H18N6S/c1-15-7-9-17(10-8-15)18(11-26-14-21-13-22-26)24-25-20-23-19(12-27-20)16-5-3-2-4-6-16/h2-10,12-14H,11H2,1H3,(H,23,25)/b24-18+. The molecule has 0 bridgehead atoms. The van der Waals surface area contributed by atoms with Crippen molar-refractivity contribution in [3.05, 3.63) is 83.8 Å². The second-order valence-corrected chi connectivity index (χ2v) is 6.89. The number of anilines is 1. The van der Waals surface area contributed by atoms with Crippen LogP contribution in [0.4, 0.5) is 5.13 Å². The van der Waals surface area contributed by atoms with Crippen molar-refractivity contribution < 1.29 is 0 Å². The average molecular weight is 374 g/mol. The van der Waals surface area contributed by atoms with Crippen molar-refractivity contribution in [1.29, 1.82) is 0 Å². The zero-order valence-corrected chi connectivity index (χ0v) is 15.6. The van der Waals surface area contributed by atoms with Crippen molar-refractivity contribution in [2.75, 3.05) is 5.43 Å². The molecule has 0 fully saturated rings. The molecule has 0 unspecified atom stereocenters. The van der Waals surface area contributed by atoms with Crippen LogP contribution in [0.2, 0.25) is 0 Å². The molecule has 0 aliphatic heterocycles. The molecule has 4 rings (SSSR count). The Hall–Kier alpha value is -3.32. The van der Waals surface area contributed by atoms with Gasteiger partial charge < -0.3 is 0 Å². The highest BCUT2D eigenvalue weighted by atomic mass is 32.1. The van der Waals surface area contributed by atoms with E-state index in [1.165, 1.54) is 23.2 Å². The lowest BCUT2D eigenvalue weighted by Gasteiger charge is -2.07. The molecule has 0 spiro atoms. The summed E-state index contributed by atoms with van der Waals surface area (Å²) in [4.78, 5) is 8.63. The Morgan fingerprint density at radius 1 is 1.11 bits per heavy atom. The Balaban J connectivity index is 1.57. The number of rotatable bonds is 6. The van der Waals surface area contributed by atoms with Crippen LogP contribution >= 0.6 is 11.3 Å². The van der Waals surface area contributed by atoms with Crippen LogP contribution in [0.25, 0.3) is 11.3 Å². The van der Waals surface area contributed by atoms with Crippen LogP contribution < -0.4 is 5.43 Å². The zero-order valence-electron chi connectivity index (χ0n) is 14.8. The number of aryl methyl sites for hydroxylation is 1. The highest BCUT2D eigenvalue weighted by Gasteiger charge is 2.08. The number of benzene rings is 2. The van der Waals surface area contributed by atoms with Gasteiger partial charge in [0.2, 0.25) is 5.13 Å². The lowest BCUT2D eigenvalue weighted by molar-refractivity contribution is 0.721. The first kappa shape index (κ1) is 17.1. The van der Waals surface area contributed by atoms with E-state index in [0.29, 0.717) is 6.54 Å². The van der Waals surface area contributed by atoms with Crippen molar-refractivity contribution in [3.8, 4) is 11.3 Å². The molecule has 7 heteroatoms. The first-order valence-corrected chi connectivity index (χ1v) is 9.39. The smallest absolute Gasteiger partial charge is 0.203 e. The van der Waals surface area contributed by atoms with Crippen molar-refractivity contribution in [1.82, 2.24) is 19.7 Å². The molecule has 0 aliphatic rings. The Kier molecular flexibility index (Phi) is 5.02. The van der Waals surface area contributed by atoms with Gasteiger partial charge in [-0.1, -0.05) is 60.2 Å². The third-order valence-electron chi connectivity index (χ3n) is 4.02. The molecule has 0 saturated carbocycles. The molecule has 2 aromatic carbocycles. The van der Waals surface area contributed by atoms with Crippen LogP contribution in [0.15, 0.2) is 77.7 Å². The minimum absolute atomic E-state index is 0.521. The third-order valence-corrected chi connectivity index (χ3v) is 4.77. The van der Waals surface area contributed by atoms with Crippen LogP contribution in [-0.4, -0.2) is 25.5 Å². The molecule has 0 radical (unpaired) electrons. The van der Waals surface area contributed by atoms with Gasteiger partial charge in [0.1, 0.15) is 12.7 Å². The monoisotopic (exact) mass is 374 g/mol. The van der Waals surface area contributed by atoms with Crippen molar-refractivity contribution in [3.63, 3.8) is 0 Å². The molecule has 4 aromatic rings. The van der Waals surface area contributed by atoms with E-state index >= 15 is 0 Å². The number of hydrazone groups is 1. The van der Waals surface area contributed by atoms with E-state index in [1.807, 2.05) is 35.7 Å². The summed E-state index contributed by atoms with van der Waals surface area (Å²) in [5.74, 6) is 0. The van der Waals surface area contributed by atoms with Gasteiger partial charge in [0.25, 0.3) is 0 Å². The number of thiazole rings is 1. The molecule has 2 aromatic heterocycles. The Morgan fingerprint density at radius 2 is 1.93 bits per heavy atom. The van der Waals surface area contributed by atoms with Crippen LogP contribution in [0.5, 0.6) is 0 Å². The fourth-order valence-corrected chi connectivity index (χ4v) is 3.25. The van der Waals surface area contributed by atoms with Gasteiger partial charge in [-0.25, -0.2) is 14.6 Å². The number of aromatic nitrogens is 4. The Labute approximate surface area is 161 Å². The molecule has 0 aliphatic carbocycles. The van der Waals surface area contributed by atoms with Crippen LogP contribution in [0, 0.1) is 6.92 Å². The summed E-state index contributed by atoms with van der Waals surface area (Å²) in [6.07, 6.45) is 3.20. The molecule has 6 nitrogen and oxygen atoms in total. The summed E-state index contributed by atoms with van der Waals surface area (Å²) in [6.45, 7) is 2.59. The maximum Gasteiger partial charge on any atom is 0.203 e. The fraction of sp³-hybridized carbons (Fsp3) is 0.100. The van der Waals surface area contributed by atoms with Crippen molar-refractivity contribution in [2.24, 2.45) is 5.10 Å². The fourth-order valence-electron chi connectivity index (χ4n) is 2.59. The number of hydrogen-bond donors (Lipinski definition) is 1. The molecular formula is C20H18N6S. The quantitative estimate of drug-likeness (QED) is 0.405. The van der Waals surface area contributed by atoms with Crippen LogP contribution in [0.3, 0.4) is 0 Å². The third kappa shape index (κ3) is 4.27. The lowest BCUT2D eigenvalue weighted by atomic mass is 10.1. The van der Waals surface area contributed by atoms with E-state index in [1.54, 1.807) is 11.0 Å². The normalized spacial score (nSPS) is 11.5. The second-order valence-electron chi connectivity index (χ2n) is 6.03. The first-order valence-electron chi connectivity index (χ1n) is 8.51. The molecule has 0 atom stereocenters. The van der Waals surface area contributed by atoms with E-state index in [9.17, 15) is 0 Å². The van der Waals surface area contributed by atoms with Gasteiger partial charge in [0.15, 0.2) is 0 Å². The van der Waals surface area contributed by atoms with Gasteiger partial charge in [0.05, 0.1) is 18.0 Å². The topological polar surface area (TPSA) is 68.0 Å². The number of nitrogens with zero attached hydrogens (tertiary/aromatic N) is 5. The van der Waals surface area contributed by atoms with Crippen LogP contribution in [0.1, 0.15) is 11.1 Å². The largest absolute Gasteiger partial charge is 0.252 e. The summed E-state index contributed by atoms with van der Waals surface area (Å²) < 4.78 is 1.75. The summed E-state index contributed by atoms with van der Waals surface area (Å²) in [5, 5.41) is 11.6. The maximum absolute atomic E-state index is 4.62. The van der Waals surface area contributed by atoms with E-state index in [0.717, 1.165) is 27.7 Å². The maximum atomic E-state index is 4.62. The molecule has 2 heterocycles. The summed E-state index contributed by atoms with van der Waals surface area (Å²) in [6, 6.07) is 18.4. The highest BCUT2D eigenvalue weighted by Crippen LogP contribution is 2.24. The molecular weight excluding hydrogens is 356 g/mol. The average Bonchev–Trinajstić information content (AvgIpc) is 3.39. The van der Waals surface area contributed by atoms with E-state index in [4.69, 9.17) is 0 Å². The summed E-state index contributed by atoms with van der Waals surface area (Å²) in [7, 11) is 0. The van der Waals surface area contributed by atoms with Gasteiger partial charge in [0, 0.05) is 10.9 Å². The number of hydrogen-bond acceptors (Lipinski definition) is 6. The minimum atomic E-state index is 0.521. The Bertz CT molecular complexity index is 1020. The highest BCUT2D eigenvalue weighted by molar-refractivity contribution is 7.14. The van der Waals surface area contributed by atoms with Gasteiger partial charge in [-0.3, -0.25) is 5.43 Å². The summed E-state index contributed by atoms with van der Waals surface area (Å²) in [5.41, 5.74) is 8.22.